The fourth-order valence-electron chi connectivity index (χ4n) is 3.94. The zero-order valence-corrected chi connectivity index (χ0v) is 21.3. The number of imidazole rings is 1. The van der Waals surface area contributed by atoms with Crippen LogP contribution < -0.4 is 15.6 Å². The predicted octanol–water partition coefficient (Wildman–Crippen LogP) is 3.47. The van der Waals surface area contributed by atoms with Gasteiger partial charge in [-0.25, -0.2) is 9.97 Å². The van der Waals surface area contributed by atoms with Gasteiger partial charge in [-0.05, 0) is 64.3 Å². The molecular formula is C25H28F3N7S. The zero-order valence-electron chi connectivity index (χ0n) is 20.5. The monoisotopic (exact) mass is 515 g/mol. The molecule has 7 nitrogen and oxygen atoms in total. The summed E-state index contributed by atoms with van der Waals surface area (Å²) < 4.78 is 40.5. The molecule has 190 valence electrons. The highest BCUT2D eigenvalue weighted by molar-refractivity contribution is 7.80. The smallest absolute Gasteiger partial charge is 0.342 e. The van der Waals surface area contributed by atoms with E-state index in [4.69, 9.17) is 22.5 Å². The van der Waals surface area contributed by atoms with Crippen molar-refractivity contribution < 1.29 is 13.2 Å². The van der Waals surface area contributed by atoms with E-state index >= 15 is 0 Å². The number of pyridine rings is 1. The first kappa shape index (κ1) is 27.1. The molecule has 11 heteroatoms. The van der Waals surface area contributed by atoms with Crippen LogP contribution in [-0.2, 0) is 6.18 Å². The van der Waals surface area contributed by atoms with E-state index in [1.807, 2.05) is 0 Å². The fraction of sp³-hybridized carbons (Fsp3) is 0.360. The van der Waals surface area contributed by atoms with Crippen molar-refractivity contribution in [3.63, 3.8) is 0 Å². The SMILES string of the molecule is C=C(/C=c1/nc(C2CCN(C)CC2)[nH]c1=C)N(C)C(=S)N(C(=C)C)c1cnc(C#N)c(C(F)(F)F)c1. The van der Waals surface area contributed by atoms with Gasteiger partial charge in [-0.1, -0.05) is 19.7 Å². The Morgan fingerprint density at radius 2 is 1.97 bits per heavy atom. The maximum absolute atomic E-state index is 13.5. The molecule has 36 heavy (non-hydrogen) atoms. The van der Waals surface area contributed by atoms with E-state index in [-0.39, 0.29) is 10.8 Å². The molecule has 0 bridgehead atoms. The van der Waals surface area contributed by atoms with Crippen molar-refractivity contribution in [1.29, 1.82) is 5.26 Å². The summed E-state index contributed by atoms with van der Waals surface area (Å²) in [5.41, 5.74) is -1.02. The van der Waals surface area contributed by atoms with E-state index in [0.717, 1.165) is 44.0 Å². The summed E-state index contributed by atoms with van der Waals surface area (Å²) in [4.78, 5) is 16.8. The van der Waals surface area contributed by atoms with Crippen LogP contribution in [0.15, 0.2) is 36.8 Å². The second-order valence-electron chi connectivity index (χ2n) is 8.81. The standard InChI is InChI=1S/C25H28F3N7S/c1-15(2)35(19-12-20(25(26,27)28)22(13-29)30-14-19)24(36)34(6)16(3)11-21-17(4)31-23(32-21)18-7-9-33(5)10-8-18/h11-12,14,18H,1,3-4,7-10H2,2,5-6H3,(H,31,32)/b21-11+. The van der Waals surface area contributed by atoms with Crippen molar-refractivity contribution in [2.45, 2.75) is 31.9 Å². The molecule has 1 aliphatic rings. The molecule has 1 aliphatic heterocycles. The lowest BCUT2D eigenvalue weighted by atomic mass is 9.97. The van der Waals surface area contributed by atoms with E-state index in [9.17, 15) is 13.2 Å². The molecule has 3 heterocycles. The Bertz CT molecular complexity index is 1330. The van der Waals surface area contributed by atoms with Gasteiger partial charge in [0, 0.05) is 24.4 Å². The first-order chi connectivity index (χ1) is 16.8. The molecule has 2 aromatic rings. The summed E-state index contributed by atoms with van der Waals surface area (Å²) in [6.45, 7) is 15.6. The summed E-state index contributed by atoms with van der Waals surface area (Å²) in [6.07, 6.45) is 0.124. The van der Waals surface area contributed by atoms with E-state index in [2.05, 4.69) is 41.7 Å². The molecule has 0 unspecified atom stereocenters. The maximum Gasteiger partial charge on any atom is 0.419 e. The molecule has 0 aromatic carbocycles. The Balaban J connectivity index is 1.89. The van der Waals surface area contributed by atoms with Crippen LogP contribution in [0.1, 0.15) is 42.8 Å². The van der Waals surface area contributed by atoms with Crippen molar-refractivity contribution in [2.24, 2.45) is 0 Å². The van der Waals surface area contributed by atoms with E-state index in [1.165, 1.54) is 11.0 Å². The zero-order chi connectivity index (χ0) is 26.8. The number of hydrogen-bond acceptors (Lipinski definition) is 5. The van der Waals surface area contributed by atoms with Crippen molar-refractivity contribution in [3.8, 4) is 6.07 Å². The van der Waals surface area contributed by atoms with Gasteiger partial charge in [0.25, 0.3) is 0 Å². The van der Waals surface area contributed by atoms with E-state index in [1.54, 1.807) is 24.9 Å². The number of nitrogens with one attached hydrogen (secondary N) is 1. The molecular weight excluding hydrogens is 487 g/mol. The minimum absolute atomic E-state index is 0.0284. The summed E-state index contributed by atoms with van der Waals surface area (Å²) in [6, 6.07) is 2.31. The molecule has 0 amide bonds. The Labute approximate surface area is 213 Å². The van der Waals surface area contributed by atoms with Gasteiger partial charge in [-0.3, -0.25) is 4.90 Å². The summed E-state index contributed by atoms with van der Waals surface area (Å²) in [7, 11) is 3.74. The lowest BCUT2D eigenvalue weighted by Gasteiger charge is -2.31. The molecule has 0 spiro atoms. The van der Waals surface area contributed by atoms with E-state index in [0.29, 0.717) is 28.0 Å². The topological polar surface area (TPSA) is 75.1 Å². The van der Waals surface area contributed by atoms with Crippen LogP contribution in [0.3, 0.4) is 0 Å². The van der Waals surface area contributed by atoms with E-state index < -0.39 is 17.4 Å². The Morgan fingerprint density at radius 1 is 1.33 bits per heavy atom. The van der Waals surface area contributed by atoms with Gasteiger partial charge < -0.3 is 14.8 Å². The molecule has 0 aliphatic carbocycles. The Morgan fingerprint density at radius 3 is 2.53 bits per heavy atom. The van der Waals surface area contributed by atoms with Gasteiger partial charge in [-0.2, -0.15) is 18.4 Å². The fourth-order valence-corrected chi connectivity index (χ4v) is 4.32. The van der Waals surface area contributed by atoms with Crippen molar-refractivity contribution in [3.05, 3.63) is 64.6 Å². The lowest BCUT2D eigenvalue weighted by molar-refractivity contribution is -0.138. The number of thiocarbonyl (C=S) groups is 1. The number of H-pyrrole nitrogens is 1. The lowest BCUT2D eigenvalue weighted by Crippen LogP contribution is -2.39. The van der Waals surface area contributed by atoms with Gasteiger partial charge in [0.1, 0.15) is 11.9 Å². The molecule has 1 fully saturated rings. The number of anilines is 1. The average molecular weight is 516 g/mol. The molecule has 0 saturated carbocycles. The second kappa shape index (κ2) is 10.6. The molecule has 0 radical (unpaired) electrons. The largest absolute Gasteiger partial charge is 0.419 e. The number of likely N-dealkylation sites (tertiary alicyclic amines) is 1. The number of aromatic amines is 1. The molecule has 1 N–H and O–H groups in total. The van der Waals surface area contributed by atoms with Gasteiger partial charge in [0.2, 0.25) is 0 Å². The van der Waals surface area contributed by atoms with Crippen LogP contribution >= 0.6 is 12.2 Å². The third-order valence-corrected chi connectivity index (χ3v) is 6.53. The number of halogens is 3. The van der Waals surface area contributed by atoms with Gasteiger partial charge >= 0.3 is 6.18 Å². The number of rotatable bonds is 5. The average Bonchev–Trinajstić information content (AvgIpc) is 3.18. The number of nitrogens with zero attached hydrogens (tertiary/aromatic N) is 6. The maximum atomic E-state index is 13.5. The highest BCUT2D eigenvalue weighted by atomic mass is 32.1. The Hall–Kier alpha value is -3.49. The molecule has 1 saturated heterocycles. The van der Waals surface area contributed by atoms with Crippen molar-refractivity contribution in [1.82, 2.24) is 24.8 Å². The number of alkyl halides is 3. The number of aromatic nitrogens is 3. The number of piperidine rings is 1. The predicted molar refractivity (Wildman–Crippen MR) is 138 cm³/mol. The van der Waals surface area contributed by atoms with Crippen LogP contribution in [-0.4, -0.2) is 57.0 Å². The first-order valence-corrected chi connectivity index (χ1v) is 11.6. The third-order valence-electron chi connectivity index (χ3n) is 6.07. The highest BCUT2D eigenvalue weighted by Crippen LogP contribution is 2.34. The van der Waals surface area contributed by atoms with Crippen LogP contribution in [0.25, 0.3) is 12.7 Å². The van der Waals surface area contributed by atoms with Crippen molar-refractivity contribution in [2.75, 3.05) is 32.1 Å². The highest BCUT2D eigenvalue weighted by Gasteiger charge is 2.35. The minimum Gasteiger partial charge on any atom is -0.342 e. The second-order valence-corrected chi connectivity index (χ2v) is 9.18. The van der Waals surface area contributed by atoms with Crippen LogP contribution in [0.5, 0.6) is 0 Å². The number of nitriles is 1. The number of hydrogen-bond donors (Lipinski definition) is 1. The quantitative estimate of drug-likeness (QED) is 0.612. The summed E-state index contributed by atoms with van der Waals surface area (Å²) in [5.74, 6) is 1.20. The Kier molecular flexibility index (Phi) is 8.01. The number of allylic oxidation sites excluding steroid dienone is 2. The van der Waals surface area contributed by atoms with Crippen molar-refractivity contribution >= 4 is 35.7 Å². The summed E-state index contributed by atoms with van der Waals surface area (Å²) >= 11 is 5.59. The third kappa shape index (κ3) is 5.83. The molecule has 3 rings (SSSR count). The van der Waals surface area contributed by atoms with Crippen LogP contribution in [0, 0.1) is 11.3 Å². The van der Waals surface area contributed by atoms with Gasteiger partial charge in [0.05, 0.1) is 28.1 Å². The molecule has 2 aromatic heterocycles. The molecule has 0 atom stereocenters. The summed E-state index contributed by atoms with van der Waals surface area (Å²) in [5, 5.41) is 10.4. The van der Waals surface area contributed by atoms with Gasteiger partial charge in [-0.15, -0.1) is 0 Å². The van der Waals surface area contributed by atoms with Gasteiger partial charge in [0.15, 0.2) is 10.8 Å². The van der Waals surface area contributed by atoms with Crippen LogP contribution in [0.2, 0.25) is 0 Å². The van der Waals surface area contributed by atoms with Crippen LogP contribution in [0.4, 0.5) is 18.9 Å². The first-order valence-electron chi connectivity index (χ1n) is 11.2. The normalized spacial score (nSPS) is 15.4. The minimum atomic E-state index is -4.75.